The smallest absolute Gasteiger partial charge is 0.0755 e. The second-order valence-corrected chi connectivity index (χ2v) is 5.41. The molecule has 1 aromatic rings. The standard InChI is InChI=1S/C16H26N2O2/c1-3-6-17-10-14-9-13(2)4-5-16(14)18-7-8-20-12-15(18)11-19/h4-5,9,15,17,19H,3,6-8,10-12H2,1-2H3. The van der Waals surface area contributed by atoms with E-state index in [-0.39, 0.29) is 12.6 Å². The average molecular weight is 278 g/mol. The Hall–Kier alpha value is -1.10. The van der Waals surface area contributed by atoms with Crippen LogP contribution in [-0.2, 0) is 11.3 Å². The number of nitrogens with one attached hydrogen (secondary N) is 1. The molecule has 112 valence electrons. The number of hydrogen-bond donors (Lipinski definition) is 2. The van der Waals surface area contributed by atoms with Crippen molar-refractivity contribution in [1.29, 1.82) is 0 Å². The Bertz CT molecular complexity index is 423. The van der Waals surface area contributed by atoms with Crippen LogP contribution in [0.5, 0.6) is 0 Å². The largest absolute Gasteiger partial charge is 0.394 e. The Balaban J connectivity index is 2.19. The highest BCUT2D eigenvalue weighted by Gasteiger charge is 2.24. The van der Waals surface area contributed by atoms with E-state index in [1.54, 1.807) is 0 Å². The van der Waals surface area contributed by atoms with Gasteiger partial charge in [0.05, 0.1) is 25.9 Å². The lowest BCUT2D eigenvalue weighted by atomic mass is 10.1. The van der Waals surface area contributed by atoms with Gasteiger partial charge in [-0.25, -0.2) is 0 Å². The molecule has 2 N–H and O–H groups in total. The predicted octanol–water partition coefficient (Wildman–Crippen LogP) is 1.69. The summed E-state index contributed by atoms with van der Waals surface area (Å²) in [6.07, 6.45) is 1.14. The number of aryl methyl sites for hydroxylation is 1. The molecule has 0 aliphatic carbocycles. The van der Waals surface area contributed by atoms with E-state index >= 15 is 0 Å². The van der Waals surface area contributed by atoms with E-state index in [4.69, 9.17) is 4.74 Å². The molecule has 20 heavy (non-hydrogen) atoms. The zero-order valence-corrected chi connectivity index (χ0v) is 12.6. The SMILES string of the molecule is CCCNCc1cc(C)ccc1N1CCOCC1CO. The Morgan fingerprint density at radius 3 is 3.05 bits per heavy atom. The first-order chi connectivity index (χ1) is 9.76. The van der Waals surface area contributed by atoms with Gasteiger partial charge in [0.25, 0.3) is 0 Å². The molecule has 2 rings (SSSR count). The minimum absolute atomic E-state index is 0.0661. The van der Waals surface area contributed by atoms with Crippen LogP contribution in [0.2, 0.25) is 0 Å². The lowest BCUT2D eigenvalue weighted by Gasteiger charge is -2.37. The minimum atomic E-state index is 0.0661. The molecule has 0 bridgehead atoms. The number of anilines is 1. The van der Waals surface area contributed by atoms with Gasteiger partial charge >= 0.3 is 0 Å². The van der Waals surface area contributed by atoms with E-state index in [2.05, 4.69) is 42.3 Å². The molecule has 1 aromatic carbocycles. The lowest BCUT2D eigenvalue weighted by molar-refractivity contribution is 0.0726. The third-order valence-corrected chi connectivity index (χ3v) is 3.72. The maximum atomic E-state index is 9.55. The molecule has 0 aromatic heterocycles. The summed E-state index contributed by atoms with van der Waals surface area (Å²) in [6, 6.07) is 6.62. The van der Waals surface area contributed by atoms with Crippen molar-refractivity contribution in [3.05, 3.63) is 29.3 Å². The van der Waals surface area contributed by atoms with Crippen LogP contribution in [0.4, 0.5) is 5.69 Å². The number of rotatable bonds is 6. The first-order valence-electron chi connectivity index (χ1n) is 7.51. The average Bonchev–Trinajstić information content (AvgIpc) is 2.48. The third kappa shape index (κ3) is 3.72. The van der Waals surface area contributed by atoms with Crippen molar-refractivity contribution >= 4 is 5.69 Å². The molecule has 0 amide bonds. The summed E-state index contributed by atoms with van der Waals surface area (Å²) < 4.78 is 5.47. The van der Waals surface area contributed by atoms with Gasteiger partial charge < -0.3 is 20.1 Å². The molecular weight excluding hydrogens is 252 g/mol. The Morgan fingerprint density at radius 2 is 2.30 bits per heavy atom. The van der Waals surface area contributed by atoms with Gasteiger partial charge in [-0.15, -0.1) is 0 Å². The van der Waals surface area contributed by atoms with Crippen LogP contribution in [0, 0.1) is 6.92 Å². The van der Waals surface area contributed by atoms with Crippen molar-refractivity contribution in [2.24, 2.45) is 0 Å². The highest BCUT2D eigenvalue weighted by Crippen LogP contribution is 2.25. The first kappa shape index (κ1) is 15.3. The number of nitrogens with zero attached hydrogens (tertiary/aromatic N) is 1. The second kappa shape index (κ2) is 7.62. The van der Waals surface area contributed by atoms with E-state index in [1.165, 1.54) is 16.8 Å². The fourth-order valence-electron chi connectivity index (χ4n) is 2.66. The molecule has 4 heteroatoms. The molecule has 1 aliphatic heterocycles. The van der Waals surface area contributed by atoms with Crippen LogP contribution in [-0.4, -0.2) is 44.1 Å². The Kier molecular flexibility index (Phi) is 5.83. The van der Waals surface area contributed by atoms with Crippen molar-refractivity contribution in [3.63, 3.8) is 0 Å². The number of morpholine rings is 1. The molecule has 1 heterocycles. The van der Waals surface area contributed by atoms with Gasteiger partial charge in [-0.2, -0.15) is 0 Å². The van der Waals surface area contributed by atoms with Gasteiger partial charge in [0.15, 0.2) is 0 Å². The summed E-state index contributed by atoms with van der Waals surface area (Å²) >= 11 is 0. The van der Waals surface area contributed by atoms with Crippen LogP contribution < -0.4 is 10.2 Å². The number of benzene rings is 1. The van der Waals surface area contributed by atoms with Gasteiger partial charge in [0, 0.05) is 18.8 Å². The molecule has 1 saturated heterocycles. The molecule has 1 unspecified atom stereocenters. The van der Waals surface area contributed by atoms with Gasteiger partial charge in [0.1, 0.15) is 0 Å². The maximum Gasteiger partial charge on any atom is 0.0755 e. The highest BCUT2D eigenvalue weighted by atomic mass is 16.5. The first-order valence-corrected chi connectivity index (χ1v) is 7.51. The summed E-state index contributed by atoms with van der Waals surface area (Å²) in [5.74, 6) is 0. The highest BCUT2D eigenvalue weighted by molar-refractivity contribution is 5.56. The molecule has 1 fully saturated rings. The number of aliphatic hydroxyl groups is 1. The molecule has 0 spiro atoms. The fourth-order valence-corrected chi connectivity index (χ4v) is 2.66. The van der Waals surface area contributed by atoms with E-state index < -0.39 is 0 Å². The lowest BCUT2D eigenvalue weighted by Crippen LogP contribution is -2.48. The maximum absolute atomic E-state index is 9.55. The molecular formula is C16H26N2O2. The van der Waals surface area contributed by atoms with E-state index in [0.29, 0.717) is 6.61 Å². The molecule has 1 atom stereocenters. The molecule has 1 aliphatic rings. The summed E-state index contributed by atoms with van der Waals surface area (Å²) in [6.45, 7) is 8.51. The Morgan fingerprint density at radius 1 is 1.45 bits per heavy atom. The third-order valence-electron chi connectivity index (χ3n) is 3.72. The van der Waals surface area contributed by atoms with Crippen LogP contribution in [0.3, 0.4) is 0 Å². The van der Waals surface area contributed by atoms with Gasteiger partial charge in [0.2, 0.25) is 0 Å². The molecule has 4 nitrogen and oxygen atoms in total. The zero-order chi connectivity index (χ0) is 14.4. The van der Waals surface area contributed by atoms with Gasteiger partial charge in [-0.1, -0.05) is 24.6 Å². The predicted molar refractivity (Wildman–Crippen MR) is 82.2 cm³/mol. The summed E-state index contributed by atoms with van der Waals surface area (Å²) in [5, 5.41) is 13.0. The number of aliphatic hydroxyl groups excluding tert-OH is 1. The van der Waals surface area contributed by atoms with E-state index in [0.717, 1.165) is 32.7 Å². The summed E-state index contributed by atoms with van der Waals surface area (Å²) in [4.78, 5) is 2.28. The minimum Gasteiger partial charge on any atom is -0.394 e. The van der Waals surface area contributed by atoms with Gasteiger partial charge in [-0.05, 0) is 31.5 Å². The molecule has 0 radical (unpaired) electrons. The Labute approximate surface area is 121 Å². The van der Waals surface area contributed by atoms with Crippen LogP contribution in [0.25, 0.3) is 0 Å². The van der Waals surface area contributed by atoms with Crippen LogP contribution in [0.15, 0.2) is 18.2 Å². The van der Waals surface area contributed by atoms with E-state index in [1.807, 2.05) is 0 Å². The number of hydrogen-bond acceptors (Lipinski definition) is 4. The summed E-state index contributed by atoms with van der Waals surface area (Å²) in [5.41, 5.74) is 3.80. The van der Waals surface area contributed by atoms with Crippen molar-refractivity contribution in [1.82, 2.24) is 5.32 Å². The number of ether oxygens (including phenoxy) is 1. The zero-order valence-electron chi connectivity index (χ0n) is 12.6. The van der Waals surface area contributed by atoms with Crippen molar-refractivity contribution in [2.75, 3.05) is 37.8 Å². The van der Waals surface area contributed by atoms with Gasteiger partial charge in [-0.3, -0.25) is 0 Å². The monoisotopic (exact) mass is 278 g/mol. The molecule has 0 saturated carbocycles. The second-order valence-electron chi connectivity index (χ2n) is 5.41. The van der Waals surface area contributed by atoms with Crippen LogP contribution >= 0.6 is 0 Å². The van der Waals surface area contributed by atoms with Crippen molar-refractivity contribution in [3.8, 4) is 0 Å². The fraction of sp³-hybridized carbons (Fsp3) is 0.625. The quantitative estimate of drug-likeness (QED) is 0.777. The van der Waals surface area contributed by atoms with Crippen molar-refractivity contribution in [2.45, 2.75) is 32.9 Å². The summed E-state index contributed by atoms with van der Waals surface area (Å²) in [7, 11) is 0. The topological polar surface area (TPSA) is 44.7 Å². The van der Waals surface area contributed by atoms with Crippen molar-refractivity contribution < 1.29 is 9.84 Å². The van der Waals surface area contributed by atoms with Crippen LogP contribution in [0.1, 0.15) is 24.5 Å². The van der Waals surface area contributed by atoms with E-state index in [9.17, 15) is 5.11 Å². The normalized spacial score (nSPS) is 19.4.